The Morgan fingerprint density at radius 3 is 2.27 bits per heavy atom. The van der Waals surface area contributed by atoms with Crippen LogP contribution < -0.4 is 4.74 Å². The minimum atomic E-state index is -0.0907. The van der Waals surface area contributed by atoms with Crippen LogP contribution in [0.25, 0.3) is 6.08 Å². The summed E-state index contributed by atoms with van der Waals surface area (Å²) < 4.78 is 5.57. The van der Waals surface area contributed by atoms with Gasteiger partial charge in [-0.05, 0) is 61.9 Å². The lowest BCUT2D eigenvalue weighted by molar-refractivity contribution is 0.104. The third-order valence-electron chi connectivity index (χ3n) is 2.98. The molecule has 0 aromatic heterocycles. The Kier molecular flexibility index (Phi) is 5.11. The van der Waals surface area contributed by atoms with E-state index in [1.807, 2.05) is 44.2 Å². The fraction of sp³-hybridized carbons (Fsp3) is 0.158. The number of benzene rings is 2. The zero-order valence-corrected chi connectivity index (χ0v) is 12.6. The maximum atomic E-state index is 12.0. The topological polar surface area (TPSA) is 50.1 Å². The average molecular weight is 291 g/mol. The molecule has 0 unspecified atom stereocenters. The minimum Gasteiger partial charge on any atom is -0.491 e. The number of ether oxygens (including phenoxy) is 1. The first-order chi connectivity index (χ1) is 10.6. The fourth-order valence-electron chi connectivity index (χ4n) is 1.91. The van der Waals surface area contributed by atoms with Crippen molar-refractivity contribution in [2.75, 3.05) is 0 Å². The van der Waals surface area contributed by atoms with Crippen LogP contribution in [-0.4, -0.2) is 11.9 Å². The van der Waals surface area contributed by atoms with Crippen molar-refractivity contribution in [1.29, 1.82) is 5.26 Å². The fourth-order valence-corrected chi connectivity index (χ4v) is 1.91. The lowest BCUT2D eigenvalue weighted by Crippen LogP contribution is -2.05. The van der Waals surface area contributed by atoms with Crippen LogP contribution in [0, 0.1) is 11.3 Å². The van der Waals surface area contributed by atoms with Crippen LogP contribution in [0.5, 0.6) is 5.75 Å². The number of allylic oxidation sites excluding steroid dienone is 1. The molecule has 2 aromatic carbocycles. The van der Waals surface area contributed by atoms with Crippen molar-refractivity contribution in [3.05, 3.63) is 71.3 Å². The molecule has 0 fully saturated rings. The molecular weight excluding hydrogens is 274 g/mol. The van der Waals surface area contributed by atoms with E-state index >= 15 is 0 Å². The summed E-state index contributed by atoms with van der Waals surface area (Å²) in [6, 6.07) is 16.2. The zero-order chi connectivity index (χ0) is 15.9. The Labute approximate surface area is 130 Å². The van der Waals surface area contributed by atoms with Crippen LogP contribution >= 0.6 is 0 Å². The molecule has 0 heterocycles. The van der Waals surface area contributed by atoms with Gasteiger partial charge in [0.2, 0.25) is 0 Å². The lowest BCUT2D eigenvalue weighted by Gasteiger charge is -2.09. The molecule has 3 nitrogen and oxygen atoms in total. The van der Waals surface area contributed by atoms with E-state index in [0.717, 1.165) is 11.3 Å². The second-order valence-corrected chi connectivity index (χ2v) is 5.12. The molecule has 0 spiro atoms. The number of hydrogen-bond acceptors (Lipinski definition) is 3. The standard InChI is InChI=1S/C19H17NO2/c1-14(2)22-18-10-5-15(6-11-18)7-12-19(21)17-8-3-16(13-20)4-9-17/h3-12,14H,1-2H3/b12-7+. The van der Waals surface area contributed by atoms with Gasteiger partial charge in [0.15, 0.2) is 5.78 Å². The normalized spacial score (nSPS) is 10.6. The Hall–Kier alpha value is -2.86. The Balaban J connectivity index is 2.04. The van der Waals surface area contributed by atoms with E-state index < -0.39 is 0 Å². The summed E-state index contributed by atoms with van der Waals surface area (Å²) in [6.45, 7) is 3.95. The van der Waals surface area contributed by atoms with E-state index in [1.165, 1.54) is 6.08 Å². The molecule has 2 rings (SSSR count). The van der Waals surface area contributed by atoms with Crippen molar-refractivity contribution in [2.24, 2.45) is 0 Å². The third-order valence-corrected chi connectivity index (χ3v) is 2.98. The first kappa shape index (κ1) is 15.5. The first-order valence-corrected chi connectivity index (χ1v) is 7.08. The van der Waals surface area contributed by atoms with Gasteiger partial charge in [-0.3, -0.25) is 4.79 Å². The highest BCUT2D eigenvalue weighted by Crippen LogP contribution is 2.15. The molecule has 0 aliphatic heterocycles. The van der Waals surface area contributed by atoms with Gasteiger partial charge >= 0.3 is 0 Å². The number of ketones is 1. The Bertz CT molecular complexity index is 705. The SMILES string of the molecule is CC(C)Oc1ccc(/C=C/C(=O)c2ccc(C#N)cc2)cc1. The highest BCUT2D eigenvalue weighted by Gasteiger charge is 2.02. The smallest absolute Gasteiger partial charge is 0.185 e. The summed E-state index contributed by atoms with van der Waals surface area (Å²) in [6.07, 6.45) is 3.43. The highest BCUT2D eigenvalue weighted by atomic mass is 16.5. The predicted molar refractivity (Wildman–Crippen MR) is 86.7 cm³/mol. The number of carbonyl (C=O) groups excluding carboxylic acids is 1. The molecule has 110 valence electrons. The van der Waals surface area contributed by atoms with E-state index in [0.29, 0.717) is 11.1 Å². The summed E-state index contributed by atoms with van der Waals surface area (Å²) in [5.74, 6) is 0.720. The molecule has 0 saturated heterocycles. The molecule has 0 bridgehead atoms. The maximum Gasteiger partial charge on any atom is 0.185 e. The van der Waals surface area contributed by atoms with Crippen molar-refractivity contribution in [2.45, 2.75) is 20.0 Å². The zero-order valence-electron chi connectivity index (χ0n) is 12.6. The van der Waals surface area contributed by atoms with Gasteiger partial charge in [-0.2, -0.15) is 5.26 Å². The molecule has 0 aliphatic rings. The molecule has 0 N–H and O–H groups in total. The van der Waals surface area contributed by atoms with Crippen LogP contribution in [0.4, 0.5) is 0 Å². The summed E-state index contributed by atoms with van der Waals surface area (Å²) in [5, 5.41) is 8.74. The predicted octanol–water partition coefficient (Wildman–Crippen LogP) is 4.24. The molecule has 0 saturated carbocycles. The van der Waals surface area contributed by atoms with E-state index in [2.05, 4.69) is 0 Å². The summed E-state index contributed by atoms with van der Waals surface area (Å²) >= 11 is 0. The van der Waals surface area contributed by atoms with Gasteiger partial charge in [0, 0.05) is 5.56 Å². The molecule has 0 atom stereocenters. The van der Waals surface area contributed by atoms with Gasteiger partial charge in [0.1, 0.15) is 5.75 Å². The largest absolute Gasteiger partial charge is 0.491 e. The van der Waals surface area contributed by atoms with Crippen molar-refractivity contribution in [3.8, 4) is 11.8 Å². The summed E-state index contributed by atoms with van der Waals surface area (Å²) in [4.78, 5) is 12.0. The monoisotopic (exact) mass is 291 g/mol. The van der Waals surface area contributed by atoms with Crippen LogP contribution in [-0.2, 0) is 0 Å². The van der Waals surface area contributed by atoms with Crippen LogP contribution in [0.1, 0.15) is 35.3 Å². The second kappa shape index (κ2) is 7.24. The van der Waals surface area contributed by atoms with Crippen LogP contribution in [0.2, 0.25) is 0 Å². The van der Waals surface area contributed by atoms with Crippen molar-refractivity contribution >= 4 is 11.9 Å². The molecule has 22 heavy (non-hydrogen) atoms. The summed E-state index contributed by atoms with van der Waals surface area (Å²) in [5.41, 5.74) is 2.04. The molecular formula is C19H17NO2. The Morgan fingerprint density at radius 1 is 1.09 bits per heavy atom. The van der Waals surface area contributed by atoms with Crippen molar-refractivity contribution in [3.63, 3.8) is 0 Å². The number of nitrogens with zero attached hydrogens (tertiary/aromatic N) is 1. The summed E-state index contributed by atoms with van der Waals surface area (Å²) in [7, 11) is 0. The number of nitriles is 1. The number of hydrogen-bond donors (Lipinski definition) is 0. The number of rotatable bonds is 5. The molecule has 3 heteroatoms. The van der Waals surface area contributed by atoms with Crippen LogP contribution in [0.3, 0.4) is 0 Å². The van der Waals surface area contributed by atoms with Crippen molar-refractivity contribution < 1.29 is 9.53 Å². The van der Waals surface area contributed by atoms with Gasteiger partial charge in [0.25, 0.3) is 0 Å². The third kappa shape index (κ3) is 4.32. The van der Waals surface area contributed by atoms with Gasteiger partial charge in [0.05, 0.1) is 17.7 Å². The first-order valence-electron chi connectivity index (χ1n) is 7.08. The van der Waals surface area contributed by atoms with Crippen molar-refractivity contribution in [1.82, 2.24) is 0 Å². The minimum absolute atomic E-state index is 0.0907. The Morgan fingerprint density at radius 2 is 1.73 bits per heavy atom. The van der Waals surface area contributed by atoms with E-state index in [1.54, 1.807) is 30.3 Å². The van der Waals surface area contributed by atoms with Gasteiger partial charge < -0.3 is 4.74 Å². The quantitative estimate of drug-likeness (QED) is 0.611. The number of carbonyl (C=O) groups is 1. The molecule has 0 radical (unpaired) electrons. The molecule has 2 aromatic rings. The van der Waals surface area contributed by atoms with E-state index in [-0.39, 0.29) is 11.9 Å². The van der Waals surface area contributed by atoms with Gasteiger partial charge in [-0.25, -0.2) is 0 Å². The highest BCUT2D eigenvalue weighted by molar-refractivity contribution is 6.06. The average Bonchev–Trinajstić information content (AvgIpc) is 2.53. The molecule has 0 amide bonds. The van der Waals surface area contributed by atoms with E-state index in [4.69, 9.17) is 10.00 Å². The van der Waals surface area contributed by atoms with Crippen LogP contribution in [0.15, 0.2) is 54.6 Å². The maximum absolute atomic E-state index is 12.0. The lowest BCUT2D eigenvalue weighted by atomic mass is 10.1. The van der Waals surface area contributed by atoms with Gasteiger partial charge in [-0.1, -0.05) is 18.2 Å². The second-order valence-electron chi connectivity index (χ2n) is 5.12. The van der Waals surface area contributed by atoms with Gasteiger partial charge in [-0.15, -0.1) is 0 Å². The molecule has 0 aliphatic carbocycles. The van der Waals surface area contributed by atoms with E-state index in [9.17, 15) is 4.79 Å².